The maximum absolute atomic E-state index is 6.08. The topological polar surface area (TPSA) is 47.3 Å². The van der Waals surface area contributed by atoms with Crippen molar-refractivity contribution in [2.24, 2.45) is 0 Å². The minimum Gasteiger partial charge on any atom is -0.485 e. The van der Waals surface area contributed by atoms with Gasteiger partial charge in [0, 0.05) is 22.7 Å². The van der Waals surface area contributed by atoms with E-state index in [1.807, 2.05) is 18.2 Å². The van der Waals surface area contributed by atoms with Crippen LogP contribution in [0.25, 0.3) is 0 Å². The summed E-state index contributed by atoms with van der Waals surface area (Å²) < 4.78 is 10.8. The quantitative estimate of drug-likeness (QED) is 0.839. The number of benzene rings is 1. The molecule has 0 saturated carbocycles. The SMILES string of the molecule is CCCNC(C)c1cc(Cl)ccc1OCc1ccno1. The second kappa shape index (κ2) is 7.31. The van der Waals surface area contributed by atoms with Gasteiger partial charge in [-0.2, -0.15) is 0 Å². The molecule has 0 amide bonds. The second-order valence-electron chi connectivity index (χ2n) is 4.63. The van der Waals surface area contributed by atoms with Crippen molar-refractivity contribution >= 4 is 11.6 Å². The first-order chi connectivity index (χ1) is 9.70. The molecule has 1 aromatic carbocycles. The number of rotatable bonds is 7. The zero-order valence-corrected chi connectivity index (χ0v) is 12.5. The van der Waals surface area contributed by atoms with Crippen LogP contribution in [0.5, 0.6) is 5.75 Å². The highest BCUT2D eigenvalue weighted by Gasteiger charge is 2.12. The molecule has 20 heavy (non-hydrogen) atoms. The van der Waals surface area contributed by atoms with Crippen molar-refractivity contribution < 1.29 is 9.26 Å². The van der Waals surface area contributed by atoms with Crippen LogP contribution in [0.1, 0.15) is 37.6 Å². The maximum Gasteiger partial charge on any atom is 0.174 e. The van der Waals surface area contributed by atoms with Gasteiger partial charge in [0.15, 0.2) is 5.76 Å². The average Bonchev–Trinajstić information content (AvgIpc) is 2.96. The molecule has 108 valence electrons. The Labute approximate surface area is 124 Å². The Morgan fingerprint density at radius 1 is 1.40 bits per heavy atom. The van der Waals surface area contributed by atoms with Crippen LogP contribution in [-0.2, 0) is 6.61 Å². The van der Waals surface area contributed by atoms with Crippen LogP contribution in [0.2, 0.25) is 5.02 Å². The number of nitrogens with one attached hydrogen (secondary N) is 1. The van der Waals surface area contributed by atoms with Gasteiger partial charge in [0.25, 0.3) is 0 Å². The molecule has 0 saturated heterocycles. The molecule has 1 N–H and O–H groups in total. The molecular weight excluding hydrogens is 276 g/mol. The van der Waals surface area contributed by atoms with Gasteiger partial charge in [-0.15, -0.1) is 0 Å². The van der Waals surface area contributed by atoms with Crippen LogP contribution in [0.15, 0.2) is 35.0 Å². The van der Waals surface area contributed by atoms with Crippen LogP contribution < -0.4 is 10.1 Å². The molecule has 0 aliphatic carbocycles. The monoisotopic (exact) mass is 294 g/mol. The molecule has 4 nitrogen and oxygen atoms in total. The third kappa shape index (κ3) is 3.99. The van der Waals surface area contributed by atoms with Gasteiger partial charge in [-0.3, -0.25) is 0 Å². The summed E-state index contributed by atoms with van der Waals surface area (Å²) in [6.07, 6.45) is 2.69. The molecule has 0 fully saturated rings. The van der Waals surface area contributed by atoms with Gasteiger partial charge < -0.3 is 14.6 Å². The van der Waals surface area contributed by atoms with Crippen molar-refractivity contribution in [3.63, 3.8) is 0 Å². The van der Waals surface area contributed by atoms with Crippen molar-refractivity contribution in [2.45, 2.75) is 32.9 Å². The van der Waals surface area contributed by atoms with Gasteiger partial charge in [0.05, 0.1) is 6.20 Å². The summed E-state index contributed by atoms with van der Waals surface area (Å²) in [6, 6.07) is 7.61. The van der Waals surface area contributed by atoms with Crippen molar-refractivity contribution in [3.8, 4) is 5.75 Å². The summed E-state index contributed by atoms with van der Waals surface area (Å²) >= 11 is 6.08. The van der Waals surface area contributed by atoms with Gasteiger partial charge in [-0.05, 0) is 38.1 Å². The summed E-state index contributed by atoms with van der Waals surface area (Å²) in [5.74, 6) is 1.50. The zero-order valence-electron chi connectivity index (χ0n) is 11.7. The summed E-state index contributed by atoms with van der Waals surface area (Å²) in [6.45, 7) is 5.55. The first-order valence-corrected chi connectivity index (χ1v) is 7.13. The van der Waals surface area contributed by atoms with Crippen molar-refractivity contribution in [3.05, 3.63) is 46.8 Å². The summed E-state index contributed by atoms with van der Waals surface area (Å²) in [4.78, 5) is 0. The molecule has 1 unspecified atom stereocenters. The number of hydrogen-bond donors (Lipinski definition) is 1. The molecule has 2 aromatic rings. The Balaban J connectivity index is 2.10. The van der Waals surface area contributed by atoms with E-state index >= 15 is 0 Å². The zero-order chi connectivity index (χ0) is 14.4. The van der Waals surface area contributed by atoms with Gasteiger partial charge in [0.2, 0.25) is 0 Å². The van der Waals surface area contributed by atoms with Crippen molar-refractivity contribution in [2.75, 3.05) is 6.54 Å². The lowest BCUT2D eigenvalue weighted by atomic mass is 10.1. The van der Waals surface area contributed by atoms with E-state index in [0.29, 0.717) is 17.4 Å². The number of ether oxygens (including phenoxy) is 1. The fourth-order valence-electron chi connectivity index (χ4n) is 1.93. The fraction of sp³-hybridized carbons (Fsp3) is 0.400. The van der Waals surface area contributed by atoms with Crippen LogP contribution in [0.4, 0.5) is 0 Å². The number of halogens is 1. The van der Waals surface area contributed by atoms with E-state index < -0.39 is 0 Å². The third-order valence-corrected chi connectivity index (χ3v) is 3.24. The molecule has 0 radical (unpaired) electrons. The Morgan fingerprint density at radius 2 is 2.25 bits per heavy atom. The average molecular weight is 295 g/mol. The molecule has 0 aliphatic rings. The lowest BCUT2D eigenvalue weighted by molar-refractivity contribution is 0.246. The standard InChI is InChI=1S/C15H19ClN2O2/c1-3-7-17-11(2)14-9-12(16)4-5-15(14)19-10-13-6-8-18-20-13/h4-6,8-9,11,17H,3,7,10H2,1-2H3. The molecule has 0 aliphatic heterocycles. The van der Waals surface area contributed by atoms with E-state index in [2.05, 4.69) is 24.3 Å². The van der Waals surface area contributed by atoms with Gasteiger partial charge in [-0.25, -0.2) is 0 Å². The predicted octanol–water partition coefficient (Wildman–Crippen LogP) is 3.97. The lowest BCUT2D eigenvalue weighted by Crippen LogP contribution is -2.20. The lowest BCUT2D eigenvalue weighted by Gasteiger charge is -2.18. The van der Waals surface area contributed by atoms with E-state index in [-0.39, 0.29) is 6.04 Å². The summed E-state index contributed by atoms with van der Waals surface area (Å²) in [5, 5.41) is 7.80. The van der Waals surface area contributed by atoms with Crippen LogP contribution >= 0.6 is 11.6 Å². The van der Waals surface area contributed by atoms with E-state index in [0.717, 1.165) is 24.3 Å². The summed E-state index contributed by atoms with van der Waals surface area (Å²) in [7, 11) is 0. The fourth-order valence-corrected chi connectivity index (χ4v) is 2.11. The number of aromatic nitrogens is 1. The molecule has 0 bridgehead atoms. The van der Waals surface area contributed by atoms with Gasteiger partial charge in [0.1, 0.15) is 12.4 Å². The molecule has 0 spiro atoms. The Hall–Kier alpha value is -1.52. The predicted molar refractivity (Wildman–Crippen MR) is 79.0 cm³/mol. The molecule has 1 atom stereocenters. The molecule has 1 aromatic heterocycles. The molecule has 5 heteroatoms. The highest BCUT2D eigenvalue weighted by Crippen LogP contribution is 2.29. The van der Waals surface area contributed by atoms with Crippen LogP contribution in [0, 0.1) is 0 Å². The van der Waals surface area contributed by atoms with Gasteiger partial charge in [-0.1, -0.05) is 23.7 Å². The van der Waals surface area contributed by atoms with E-state index in [4.69, 9.17) is 20.9 Å². The minimum absolute atomic E-state index is 0.179. The maximum atomic E-state index is 6.08. The highest BCUT2D eigenvalue weighted by molar-refractivity contribution is 6.30. The van der Waals surface area contributed by atoms with E-state index in [1.54, 1.807) is 12.3 Å². The number of nitrogens with zero attached hydrogens (tertiary/aromatic N) is 1. The van der Waals surface area contributed by atoms with Crippen LogP contribution in [0.3, 0.4) is 0 Å². The molecule has 1 heterocycles. The summed E-state index contributed by atoms with van der Waals surface area (Å²) in [5.41, 5.74) is 1.05. The second-order valence-corrected chi connectivity index (χ2v) is 5.06. The molecule has 2 rings (SSSR count). The Morgan fingerprint density at radius 3 is 2.95 bits per heavy atom. The molecular formula is C15H19ClN2O2. The Kier molecular flexibility index (Phi) is 5.44. The highest BCUT2D eigenvalue weighted by atomic mass is 35.5. The normalized spacial score (nSPS) is 12.3. The third-order valence-electron chi connectivity index (χ3n) is 3.00. The van der Waals surface area contributed by atoms with E-state index in [9.17, 15) is 0 Å². The van der Waals surface area contributed by atoms with Crippen molar-refractivity contribution in [1.29, 1.82) is 0 Å². The van der Waals surface area contributed by atoms with Gasteiger partial charge >= 0.3 is 0 Å². The van der Waals surface area contributed by atoms with Crippen LogP contribution in [-0.4, -0.2) is 11.7 Å². The smallest absolute Gasteiger partial charge is 0.174 e. The first kappa shape index (κ1) is 14.9. The Bertz CT molecular complexity index is 529. The largest absolute Gasteiger partial charge is 0.485 e. The van der Waals surface area contributed by atoms with Crippen molar-refractivity contribution in [1.82, 2.24) is 10.5 Å². The minimum atomic E-state index is 0.179. The first-order valence-electron chi connectivity index (χ1n) is 6.76. The van der Waals surface area contributed by atoms with E-state index in [1.165, 1.54) is 0 Å². The number of hydrogen-bond acceptors (Lipinski definition) is 4.